The Kier molecular flexibility index (Phi) is 3.96. The van der Waals surface area contributed by atoms with Gasteiger partial charge in [0.1, 0.15) is 0 Å². The van der Waals surface area contributed by atoms with Gasteiger partial charge in [-0.3, -0.25) is 9.59 Å². The molecule has 0 aromatic carbocycles. The molecular formula is C12H17N3O4S. The fraction of sp³-hybridized carbons (Fsp3) is 0.500. The average Bonchev–Trinajstić information content (AvgIpc) is 2.40. The number of carbonyl (C=O) groups is 1. The van der Waals surface area contributed by atoms with E-state index in [2.05, 4.69) is 0 Å². The van der Waals surface area contributed by atoms with Crippen molar-refractivity contribution < 1.29 is 13.2 Å². The van der Waals surface area contributed by atoms with Gasteiger partial charge in [0.25, 0.3) is 11.5 Å². The van der Waals surface area contributed by atoms with E-state index in [1.807, 2.05) is 0 Å². The molecule has 0 radical (unpaired) electrons. The first-order valence-corrected chi connectivity index (χ1v) is 8.05. The molecule has 1 saturated heterocycles. The summed E-state index contributed by atoms with van der Waals surface area (Å²) in [4.78, 5) is 25.3. The number of nitrogens with zero attached hydrogens (tertiary/aromatic N) is 3. The summed E-state index contributed by atoms with van der Waals surface area (Å²) in [5, 5.41) is 0. The summed E-state index contributed by atoms with van der Waals surface area (Å²) in [5.41, 5.74) is 0.0894. The second-order valence-electron chi connectivity index (χ2n) is 4.82. The van der Waals surface area contributed by atoms with Crippen LogP contribution in [0, 0.1) is 0 Å². The van der Waals surface area contributed by atoms with E-state index in [0.29, 0.717) is 18.7 Å². The molecule has 0 unspecified atom stereocenters. The third kappa shape index (κ3) is 3.07. The predicted molar refractivity (Wildman–Crippen MR) is 74.0 cm³/mol. The molecule has 1 aromatic rings. The van der Waals surface area contributed by atoms with Gasteiger partial charge in [-0.2, -0.15) is 4.31 Å². The van der Waals surface area contributed by atoms with Gasteiger partial charge in [0.05, 0.1) is 6.26 Å². The Morgan fingerprint density at radius 1 is 1.20 bits per heavy atom. The van der Waals surface area contributed by atoms with E-state index in [0.717, 1.165) is 6.26 Å². The van der Waals surface area contributed by atoms with Crippen LogP contribution in [-0.4, -0.2) is 60.5 Å². The number of hydrogen-bond acceptors (Lipinski definition) is 4. The third-order valence-corrected chi connectivity index (χ3v) is 4.65. The zero-order valence-electron chi connectivity index (χ0n) is 11.4. The molecule has 1 aromatic heterocycles. The van der Waals surface area contributed by atoms with E-state index in [9.17, 15) is 18.0 Å². The lowest BCUT2D eigenvalue weighted by molar-refractivity contribution is 0.0698. The minimum absolute atomic E-state index is 0.240. The van der Waals surface area contributed by atoms with E-state index >= 15 is 0 Å². The minimum atomic E-state index is -3.21. The van der Waals surface area contributed by atoms with Gasteiger partial charge in [0, 0.05) is 51.1 Å². The molecule has 20 heavy (non-hydrogen) atoms. The van der Waals surface area contributed by atoms with Gasteiger partial charge < -0.3 is 9.47 Å². The number of piperazine rings is 1. The summed E-state index contributed by atoms with van der Waals surface area (Å²) in [6, 6.07) is 2.89. The Balaban J connectivity index is 2.09. The number of amides is 1. The molecule has 0 aliphatic carbocycles. The van der Waals surface area contributed by atoms with Gasteiger partial charge in [-0.05, 0) is 6.07 Å². The second kappa shape index (κ2) is 5.37. The topological polar surface area (TPSA) is 79.7 Å². The Morgan fingerprint density at radius 2 is 1.80 bits per heavy atom. The zero-order chi connectivity index (χ0) is 14.9. The van der Waals surface area contributed by atoms with Crippen molar-refractivity contribution in [3.05, 3.63) is 34.2 Å². The summed E-state index contributed by atoms with van der Waals surface area (Å²) in [6.07, 6.45) is 2.70. The number of aryl methyl sites for hydroxylation is 1. The molecule has 2 heterocycles. The van der Waals surface area contributed by atoms with Crippen molar-refractivity contribution in [3.63, 3.8) is 0 Å². The van der Waals surface area contributed by atoms with Gasteiger partial charge in [0.15, 0.2) is 0 Å². The van der Waals surface area contributed by atoms with Gasteiger partial charge in [-0.1, -0.05) is 0 Å². The van der Waals surface area contributed by atoms with Crippen LogP contribution in [0.4, 0.5) is 0 Å². The quantitative estimate of drug-likeness (QED) is 0.709. The number of carbonyl (C=O) groups excluding carboxylic acids is 1. The molecule has 0 atom stereocenters. The van der Waals surface area contributed by atoms with Crippen molar-refractivity contribution in [1.82, 2.24) is 13.8 Å². The molecule has 8 heteroatoms. The first-order chi connectivity index (χ1) is 9.29. The van der Waals surface area contributed by atoms with Crippen LogP contribution in [0.5, 0.6) is 0 Å². The van der Waals surface area contributed by atoms with Crippen LogP contribution < -0.4 is 5.56 Å². The molecule has 0 bridgehead atoms. The summed E-state index contributed by atoms with van der Waals surface area (Å²) in [7, 11) is -1.60. The van der Waals surface area contributed by atoms with Gasteiger partial charge >= 0.3 is 0 Å². The Morgan fingerprint density at radius 3 is 2.30 bits per heavy atom. The summed E-state index contributed by atoms with van der Waals surface area (Å²) < 4.78 is 25.5. The van der Waals surface area contributed by atoms with Gasteiger partial charge in [-0.15, -0.1) is 0 Å². The zero-order valence-corrected chi connectivity index (χ0v) is 12.3. The Hall–Kier alpha value is -1.67. The lowest BCUT2D eigenvalue weighted by Crippen LogP contribution is -2.50. The molecule has 0 N–H and O–H groups in total. The monoisotopic (exact) mass is 299 g/mol. The highest BCUT2D eigenvalue weighted by Gasteiger charge is 2.26. The van der Waals surface area contributed by atoms with E-state index in [1.165, 1.54) is 14.9 Å². The first-order valence-electron chi connectivity index (χ1n) is 6.20. The molecule has 2 rings (SSSR count). The van der Waals surface area contributed by atoms with Crippen LogP contribution in [0.2, 0.25) is 0 Å². The van der Waals surface area contributed by atoms with E-state index in [-0.39, 0.29) is 24.6 Å². The van der Waals surface area contributed by atoms with Crippen LogP contribution in [-0.2, 0) is 17.1 Å². The van der Waals surface area contributed by atoms with Crippen LogP contribution in [0.15, 0.2) is 23.1 Å². The summed E-state index contributed by atoms with van der Waals surface area (Å²) >= 11 is 0. The van der Waals surface area contributed by atoms with Crippen LogP contribution >= 0.6 is 0 Å². The van der Waals surface area contributed by atoms with E-state index in [1.54, 1.807) is 24.2 Å². The number of rotatable bonds is 2. The maximum absolute atomic E-state index is 12.2. The normalized spacial score (nSPS) is 17.2. The first kappa shape index (κ1) is 14.7. The SMILES string of the molecule is Cn1ccc(C(=O)N2CCN(S(C)(=O)=O)CC2)cc1=O. The number of aromatic nitrogens is 1. The molecule has 0 saturated carbocycles. The summed E-state index contributed by atoms with van der Waals surface area (Å²) in [5.74, 6) is -0.240. The standard InChI is InChI=1S/C12H17N3O4S/c1-13-4-3-10(9-11(13)16)12(17)14-5-7-15(8-6-14)20(2,18)19/h3-4,9H,5-8H2,1-2H3. The fourth-order valence-corrected chi connectivity index (χ4v) is 2.91. The molecule has 1 aliphatic rings. The molecular weight excluding hydrogens is 282 g/mol. The smallest absolute Gasteiger partial charge is 0.254 e. The number of sulfonamides is 1. The Bertz CT molecular complexity index is 672. The van der Waals surface area contributed by atoms with Crippen molar-refractivity contribution in [2.45, 2.75) is 0 Å². The molecule has 1 aliphatic heterocycles. The van der Waals surface area contributed by atoms with Crippen molar-refractivity contribution in [1.29, 1.82) is 0 Å². The van der Waals surface area contributed by atoms with Gasteiger partial charge in [-0.25, -0.2) is 8.42 Å². The maximum Gasteiger partial charge on any atom is 0.254 e. The highest BCUT2D eigenvalue weighted by Crippen LogP contribution is 2.09. The molecule has 7 nitrogen and oxygen atoms in total. The molecule has 1 fully saturated rings. The lowest BCUT2D eigenvalue weighted by atomic mass is 10.2. The molecule has 0 spiro atoms. The number of hydrogen-bond donors (Lipinski definition) is 0. The predicted octanol–water partition coefficient (Wildman–Crippen LogP) is -0.897. The van der Waals surface area contributed by atoms with Crippen molar-refractivity contribution >= 4 is 15.9 Å². The third-order valence-electron chi connectivity index (χ3n) is 3.35. The van der Waals surface area contributed by atoms with Crippen LogP contribution in [0.3, 0.4) is 0 Å². The maximum atomic E-state index is 12.2. The molecule has 1 amide bonds. The fourth-order valence-electron chi connectivity index (χ4n) is 2.09. The van der Waals surface area contributed by atoms with Crippen molar-refractivity contribution in [2.75, 3.05) is 32.4 Å². The van der Waals surface area contributed by atoms with Crippen molar-refractivity contribution in [2.24, 2.45) is 7.05 Å². The van der Waals surface area contributed by atoms with Crippen LogP contribution in [0.1, 0.15) is 10.4 Å². The lowest BCUT2D eigenvalue weighted by Gasteiger charge is -2.33. The molecule has 110 valence electrons. The second-order valence-corrected chi connectivity index (χ2v) is 6.80. The highest BCUT2D eigenvalue weighted by molar-refractivity contribution is 7.88. The van der Waals surface area contributed by atoms with Gasteiger partial charge in [0.2, 0.25) is 10.0 Å². The Labute approximate surface area is 117 Å². The number of pyridine rings is 1. The largest absolute Gasteiger partial charge is 0.336 e. The minimum Gasteiger partial charge on any atom is -0.336 e. The summed E-state index contributed by atoms with van der Waals surface area (Å²) in [6.45, 7) is 1.24. The highest BCUT2D eigenvalue weighted by atomic mass is 32.2. The van der Waals surface area contributed by atoms with Crippen LogP contribution in [0.25, 0.3) is 0 Å². The van der Waals surface area contributed by atoms with E-state index in [4.69, 9.17) is 0 Å². The average molecular weight is 299 g/mol. The van der Waals surface area contributed by atoms with E-state index < -0.39 is 10.0 Å². The van der Waals surface area contributed by atoms with Crippen molar-refractivity contribution in [3.8, 4) is 0 Å².